The van der Waals surface area contributed by atoms with Crippen LogP contribution in [0.15, 0.2) is 35.6 Å². The van der Waals surface area contributed by atoms with Gasteiger partial charge in [0.25, 0.3) is 0 Å². The van der Waals surface area contributed by atoms with Crippen LogP contribution < -0.4 is 0 Å². The molecular weight excluding hydrogens is 457 g/mol. The Morgan fingerprint density at radius 3 is 2.71 bits per heavy atom. The van der Waals surface area contributed by atoms with Crippen LogP contribution in [0.1, 0.15) is 34.7 Å². The second kappa shape index (κ2) is 8.43. The Kier molecular flexibility index (Phi) is 5.34. The molecular formula is C25H23F3N6O. The van der Waals surface area contributed by atoms with E-state index in [2.05, 4.69) is 30.9 Å². The average Bonchev–Trinajstić information content (AvgIpc) is 3.56. The largest absolute Gasteiger partial charge is 0.431 e. The number of hydrogen-bond acceptors (Lipinski definition) is 6. The van der Waals surface area contributed by atoms with Crippen molar-refractivity contribution in [3.8, 4) is 6.07 Å². The highest BCUT2D eigenvalue weighted by Gasteiger charge is 2.43. The topological polar surface area (TPSA) is 90.2 Å². The Balaban J connectivity index is 1.37. The van der Waals surface area contributed by atoms with E-state index < -0.39 is 11.9 Å². The first-order chi connectivity index (χ1) is 16.9. The number of nitrogens with one attached hydrogen (secondary N) is 1. The summed E-state index contributed by atoms with van der Waals surface area (Å²) < 4.78 is 45.3. The van der Waals surface area contributed by atoms with Crippen molar-refractivity contribution in [1.82, 2.24) is 19.9 Å². The van der Waals surface area contributed by atoms with Crippen LogP contribution in [0.2, 0.25) is 0 Å². The summed E-state index contributed by atoms with van der Waals surface area (Å²) in [7, 11) is 0. The third kappa shape index (κ3) is 3.98. The molecule has 2 fully saturated rings. The lowest BCUT2D eigenvalue weighted by Crippen LogP contribution is -2.42. The molecule has 2 aromatic heterocycles. The fourth-order valence-electron chi connectivity index (χ4n) is 5.82. The minimum absolute atomic E-state index is 0.0720. The number of nitriles is 1. The van der Waals surface area contributed by atoms with E-state index in [9.17, 15) is 18.4 Å². The summed E-state index contributed by atoms with van der Waals surface area (Å²) in [5.74, 6) is 1.21. The number of aromatic amines is 1. The number of aliphatic imine (C=N–C) groups is 1. The molecule has 180 valence electrons. The molecule has 35 heavy (non-hydrogen) atoms. The standard InChI is InChI=1S/C25H23F3N6O/c26-25(27,28)22-6-19-23(31-13-32-24(19)33-22)30-8-20-18-3-1-14(7-29)5-15(18)2-4-21(20)34-9-16-11-35-12-17(16)10-34/h1,3,5-6,8,13,16-17,20-21H,2,4,9-12H2,(H,31,32,33)/t16-,17+,20?,21-/m0/s1. The van der Waals surface area contributed by atoms with Gasteiger partial charge in [0.2, 0.25) is 0 Å². The van der Waals surface area contributed by atoms with Crippen LogP contribution >= 0.6 is 0 Å². The second-order valence-electron chi connectivity index (χ2n) is 9.59. The number of rotatable bonds is 3. The maximum absolute atomic E-state index is 13.2. The van der Waals surface area contributed by atoms with Crippen LogP contribution in [0, 0.1) is 23.2 Å². The van der Waals surface area contributed by atoms with E-state index in [1.165, 1.54) is 6.33 Å². The molecule has 3 aromatic rings. The van der Waals surface area contributed by atoms with Gasteiger partial charge in [0.05, 0.1) is 30.2 Å². The normalized spacial score (nSPS) is 26.8. The van der Waals surface area contributed by atoms with Crippen molar-refractivity contribution in [1.29, 1.82) is 5.26 Å². The van der Waals surface area contributed by atoms with E-state index in [1.54, 1.807) is 0 Å². The number of aryl methyl sites for hydroxylation is 1. The predicted molar refractivity (Wildman–Crippen MR) is 122 cm³/mol. The monoisotopic (exact) mass is 480 g/mol. The molecule has 10 heteroatoms. The molecule has 1 N–H and O–H groups in total. The van der Waals surface area contributed by atoms with Crippen molar-refractivity contribution in [2.75, 3.05) is 26.3 Å². The summed E-state index contributed by atoms with van der Waals surface area (Å²) in [6.07, 6.45) is 0.318. The van der Waals surface area contributed by atoms with Gasteiger partial charge in [-0.3, -0.25) is 4.90 Å². The van der Waals surface area contributed by atoms with Gasteiger partial charge in [0.1, 0.15) is 17.7 Å². The van der Waals surface area contributed by atoms with Gasteiger partial charge < -0.3 is 9.72 Å². The fourth-order valence-corrected chi connectivity index (χ4v) is 5.82. The van der Waals surface area contributed by atoms with Gasteiger partial charge >= 0.3 is 6.18 Å². The lowest BCUT2D eigenvalue weighted by molar-refractivity contribution is -0.140. The molecule has 0 spiro atoms. The Bertz CT molecular complexity index is 1330. The van der Waals surface area contributed by atoms with Crippen LogP contribution in [0.3, 0.4) is 0 Å². The fraction of sp³-hybridized carbons (Fsp3) is 0.440. The summed E-state index contributed by atoms with van der Waals surface area (Å²) in [4.78, 5) is 17.6. The number of nitrogens with zero attached hydrogens (tertiary/aromatic N) is 5. The number of hydrogen-bond donors (Lipinski definition) is 1. The second-order valence-corrected chi connectivity index (χ2v) is 9.59. The molecule has 0 bridgehead atoms. The highest BCUT2D eigenvalue weighted by molar-refractivity contribution is 5.88. The summed E-state index contributed by atoms with van der Waals surface area (Å²) >= 11 is 0. The highest BCUT2D eigenvalue weighted by atomic mass is 19.4. The summed E-state index contributed by atoms with van der Waals surface area (Å²) in [5, 5.41) is 9.57. The van der Waals surface area contributed by atoms with E-state index in [1.807, 2.05) is 24.4 Å². The Morgan fingerprint density at radius 1 is 1.17 bits per heavy atom. The quantitative estimate of drug-likeness (QED) is 0.567. The lowest BCUT2D eigenvalue weighted by atomic mass is 9.78. The molecule has 1 aromatic carbocycles. The first kappa shape index (κ1) is 22.2. The minimum atomic E-state index is -4.51. The zero-order valence-corrected chi connectivity index (χ0v) is 18.8. The highest BCUT2D eigenvalue weighted by Crippen LogP contribution is 2.40. The molecule has 0 amide bonds. The van der Waals surface area contributed by atoms with Gasteiger partial charge in [-0.1, -0.05) is 6.07 Å². The smallest absolute Gasteiger partial charge is 0.381 e. The SMILES string of the molecule is N#Cc1ccc2c(c1)CC[C@H](N1C[C@H]3COC[C@H]3C1)C2C=Nc1ncnc2[nH]c(C(F)(F)F)cc12. The molecule has 2 saturated heterocycles. The Labute approximate surface area is 199 Å². The molecule has 0 radical (unpaired) electrons. The average molecular weight is 480 g/mol. The number of likely N-dealkylation sites (tertiary alicyclic amines) is 1. The van der Waals surface area contributed by atoms with Crippen molar-refractivity contribution in [2.24, 2.45) is 16.8 Å². The van der Waals surface area contributed by atoms with Crippen molar-refractivity contribution in [3.63, 3.8) is 0 Å². The van der Waals surface area contributed by atoms with Gasteiger partial charge in [-0.15, -0.1) is 0 Å². The number of H-pyrrole nitrogens is 1. The van der Waals surface area contributed by atoms with Crippen LogP contribution in [0.4, 0.5) is 19.0 Å². The zero-order valence-electron chi connectivity index (χ0n) is 18.8. The first-order valence-corrected chi connectivity index (χ1v) is 11.7. The van der Waals surface area contributed by atoms with Gasteiger partial charge in [-0.2, -0.15) is 18.4 Å². The molecule has 4 heterocycles. The van der Waals surface area contributed by atoms with Crippen LogP contribution in [0.5, 0.6) is 0 Å². The Hall–Kier alpha value is -3.29. The molecule has 1 unspecified atom stereocenters. The van der Waals surface area contributed by atoms with Gasteiger partial charge in [0.15, 0.2) is 5.82 Å². The number of benzene rings is 1. The van der Waals surface area contributed by atoms with E-state index in [0.29, 0.717) is 17.4 Å². The van der Waals surface area contributed by atoms with Crippen molar-refractivity contribution in [2.45, 2.75) is 31.0 Å². The van der Waals surface area contributed by atoms with Crippen molar-refractivity contribution < 1.29 is 17.9 Å². The van der Waals surface area contributed by atoms with Gasteiger partial charge in [-0.05, 0) is 42.2 Å². The summed E-state index contributed by atoms with van der Waals surface area (Å²) in [5.41, 5.74) is 2.07. The van der Waals surface area contributed by atoms with E-state index in [-0.39, 0.29) is 28.8 Å². The maximum Gasteiger partial charge on any atom is 0.431 e. The molecule has 2 aliphatic heterocycles. The summed E-state index contributed by atoms with van der Waals surface area (Å²) in [6, 6.07) is 9.17. The van der Waals surface area contributed by atoms with Crippen LogP contribution in [0.25, 0.3) is 11.0 Å². The lowest BCUT2D eigenvalue weighted by Gasteiger charge is -2.38. The third-order valence-corrected chi connectivity index (χ3v) is 7.56. The number of ether oxygens (including phenoxy) is 1. The van der Waals surface area contributed by atoms with Crippen molar-refractivity contribution in [3.05, 3.63) is 53.0 Å². The van der Waals surface area contributed by atoms with E-state index >= 15 is 0 Å². The third-order valence-electron chi connectivity index (χ3n) is 7.56. The molecule has 0 saturated carbocycles. The Morgan fingerprint density at radius 2 is 1.97 bits per heavy atom. The number of halogens is 3. The van der Waals surface area contributed by atoms with Crippen molar-refractivity contribution >= 4 is 23.1 Å². The van der Waals surface area contributed by atoms with E-state index in [4.69, 9.17) is 4.74 Å². The maximum atomic E-state index is 13.2. The van der Waals surface area contributed by atoms with Crippen LogP contribution in [-0.2, 0) is 17.3 Å². The van der Waals surface area contributed by atoms with Gasteiger partial charge in [-0.25, -0.2) is 15.0 Å². The molecule has 7 nitrogen and oxygen atoms in total. The van der Waals surface area contributed by atoms with Crippen LogP contribution in [-0.4, -0.2) is 58.4 Å². The molecule has 1 aliphatic carbocycles. The molecule has 3 aliphatic rings. The minimum Gasteiger partial charge on any atom is -0.381 e. The summed E-state index contributed by atoms with van der Waals surface area (Å²) in [6.45, 7) is 3.52. The van der Waals surface area contributed by atoms with E-state index in [0.717, 1.165) is 56.3 Å². The molecule has 6 rings (SSSR count). The zero-order chi connectivity index (χ0) is 24.2. The first-order valence-electron chi connectivity index (χ1n) is 11.7. The van der Waals surface area contributed by atoms with Gasteiger partial charge in [0, 0.05) is 43.1 Å². The number of fused-ring (bicyclic) bond motifs is 3. The predicted octanol–water partition coefficient (Wildman–Crippen LogP) is 4.23. The number of alkyl halides is 3. The number of aromatic nitrogens is 3. The molecule has 4 atom stereocenters.